The van der Waals surface area contributed by atoms with E-state index in [1.165, 1.54) is 31.2 Å². The number of hydrogen-bond donors (Lipinski definition) is 1. The SMILES string of the molecule is COc1cc(CN2CCN(C(C)=O)C[C@](O)(COc3ccc(F)cc3)C2)ccc1OCCn1ccnc1C. The molecule has 0 spiro atoms. The van der Waals surface area contributed by atoms with Gasteiger partial charge in [-0.1, -0.05) is 6.07 Å². The summed E-state index contributed by atoms with van der Waals surface area (Å²) in [5, 5.41) is 11.5. The van der Waals surface area contributed by atoms with Crippen molar-refractivity contribution >= 4 is 5.91 Å². The fourth-order valence-electron chi connectivity index (χ4n) is 4.57. The number of nitrogens with zero attached hydrogens (tertiary/aromatic N) is 4. The van der Waals surface area contributed by atoms with E-state index in [-0.39, 0.29) is 24.9 Å². The van der Waals surface area contributed by atoms with Crippen LogP contribution in [0.15, 0.2) is 54.9 Å². The number of hydrogen-bond acceptors (Lipinski definition) is 7. The number of halogens is 1. The quantitative estimate of drug-likeness (QED) is 0.435. The van der Waals surface area contributed by atoms with Crippen LogP contribution in [0.2, 0.25) is 0 Å². The molecule has 38 heavy (non-hydrogen) atoms. The molecule has 1 aliphatic heterocycles. The summed E-state index contributed by atoms with van der Waals surface area (Å²) in [7, 11) is 1.61. The Labute approximate surface area is 222 Å². The van der Waals surface area contributed by atoms with Gasteiger partial charge in [-0.15, -0.1) is 0 Å². The van der Waals surface area contributed by atoms with Crippen LogP contribution >= 0.6 is 0 Å². The van der Waals surface area contributed by atoms with E-state index >= 15 is 0 Å². The third-order valence-corrected chi connectivity index (χ3v) is 6.60. The van der Waals surface area contributed by atoms with E-state index in [4.69, 9.17) is 14.2 Å². The second-order valence-electron chi connectivity index (χ2n) is 9.62. The molecule has 9 nitrogen and oxygen atoms in total. The van der Waals surface area contributed by atoms with Crippen LogP contribution in [-0.4, -0.2) is 82.5 Å². The highest BCUT2D eigenvalue weighted by Gasteiger charge is 2.37. The summed E-state index contributed by atoms with van der Waals surface area (Å²) in [6.07, 6.45) is 3.68. The number of aromatic nitrogens is 2. The van der Waals surface area contributed by atoms with Gasteiger partial charge in [-0.05, 0) is 48.9 Å². The van der Waals surface area contributed by atoms with E-state index in [1.54, 1.807) is 18.2 Å². The molecule has 3 aromatic rings. The predicted molar refractivity (Wildman–Crippen MR) is 140 cm³/mol. The highest BCUT2D eigenvalue weighted by Crippen LogP contribution is 2.29. The number of carbonyl (C=O) groups is 1. The van der Waals surface area contributed by atoms with Gasteiger partial charge in [0.15, 0.2) is 11.5 Å². The van der Waals surface area contributed by atoms with E-state index < -0.39 is 5.60 Å². The number of β-amino-alcohol motifs (C(OH)–C–C–N with tert-alkyl or cyclic N) is 1. The Kier molecular flexibility index (Phi) is 8.85. The molecule has 1 saturated heterocycles. The lowest BCUT2D eigenvalue weighted by atomic mass is 10.0. The lowest BCUT2D eigenvalue weighted by Gasteiger charge is -2.32. The number of amides is 1. The summed E-state index contributed by atoms with van der Waals surface area (Å²) in [6, 6.07) is 11.4. The number of benzene rings is 2. The average molecular weight is 527 g/mol. The first-order valence-corrected chi connectivity index (χ1v) is 12.6. The Hall–Kier alpha value is -3.63. The maximum atomic E-state index is 13.2. The Morgan fingerprint density at radius 2 is 1.89 bits per heavy atom. The third kappa shape index (κ3) is 7.23. The van der Waals surface area contributed by atoms with Gasteiger partial charge in [0.25, 0.3) is 0 Å². The van der Waals surface area contributed by atoms with Crippen molar-refractivity contribution in [3.05, 3.63) is 72.1 Å². The van der Waals surface area contributed by atoms with Crippen LogP contribution in [0.4, 0.5) is 4.39 Å². The number of ether oxygens (including phenoxy) is 3. The summed E-state index contributed by atoms with van der Waals surface area (Å²) in [5.41, 5.74) is -0.326. The normalized spacial score (nSPS) is 18.2. The van der Waals surface area contributed by atoms with Crippen molar-refractivity contribution in [2.75, 3.05) is 46.5 Å². The first-order valence-electron chi connectivity index (χ1n) is 12.6. The molecule has 204 valence electrons. The van der Waals surface area contributed by atoms with Gasteiger partial charge in [0.05, 0.1) is 20.2 Å². The fraction of sp³-hybridized carbons (Fsp3) is 0.429. The van der Waals surface area contributed by atoms with Gasteiger partial charge in [0, 0.05) is 45.5 Å². The Balaban J connectivity index is 1.42. The Bertz CT molecular complexity index is 1220. The minimum atomic E-state index is -1.31. The first kappa shape index (κ1) is 27.4. The summed E-state index contributed by atoms with van der Waals surface area (Å²) in [4.78, 5) is 20.1. The first-order chi connectivity index (χ1) is 18.2. The molecule has 1 aliphatic rings. The van der Waals surface area contributed by atoms with Crippen LogP contribution in [0.5, 0.6) is 17.2 Å². The molecule has 10 heteroatoms. The third-order valence-electron chi connectivity index (χ3n) is 6.60. The van der Waals surface area contributed by atoms with Gasteiger partial charge >= 0.3 is 0 Å². The molecule has 0 radical (unpaired) electrons. The van der Waals surface area contributed by atoms with Gasteiger partial charge in [-0.2, -0.15) is 0 Å². The molecule has 1 fully saturated rings. The van der Waals surface area contributed by atoms with Gasteiger partial charge < -0.3 is 28.8 Å². The second kappa shape index (κ2) is 12.3. The van der Waals surface area contributed by atoms with Crippen molar-refractivity contribution in [2.45, 2.75) is 32.5 Å². The highest BCUT2D eigenvalue weighted by molar-refractivity contribution is 5.73. The van der Waals surface area contributed by atoms with Crippen LogP contribution in [0.1, 0.15) is 18.3 Å². The highest BCUT2D eigenvalue weighted by atomic mass is 19.1. The van der Waals surface area contributed by atoms with Crippen molar-refractivity contribution < 1.29 is 28.5 Å². The van der Waals surface area contributed by atoms with Crippen molar-refractivity contribution in [3.8, 4) is 17.2 Å². The van der Waals surface area contributed by atoms with E-state index in [0.717, 1.165) is 11.4 Å². The monoisotopic (exact) mass is 526 g/mol. The molecule has 1 aromatic heterocycles. The smallest absolute Gasteiger partial charge is 0.219 e. The topological polar surface area (TPSA) is 89.3 Å². The van der Waals surface area contributed by atoms with Crippen molar-refractivity contribution in [1.82, 2.24) is 19.4 Å². The predicted octanol–water partition coefficient (Wildman–Crippen LogP) is 2.89. The van der Waals surface area contributed by atoms with Crippen LogP contribution in [-0.2, 0) is 17.9 Å². The maximum Gasteiger partial charge on any atom is 0.219 e. The van der Waals surface area contributed by atoms with E-state index in [2.05, 4.69) is 9.88 Å². The number of rotatable bonds is 10. The number of imidazole rings is 1. The number of aliphatic hydroxyl groups is 1. The molecule has 1 atom stereocenters. The van der Waals surface area contributed by atoms with Gasteiger partial charge in [0.2, 0.25) is 5.91 Å². The van der Waals surface area contributed by atoms with Crippen LogP contribution in [0.3, 0.4) is 0 Å². The Morgan fingerprint density at radius 1 is 1.11 bits per heavy atom. The molecule has 4 rings (SSSR count). The molecule has 0 aliphatic carbocycles. The average Bonchev–Trinajstić information content (AvgIpc) is 3.22. The largest absolute Gasteiger partial charge is 0.493 e. The second-order valence-corrected chi connectivity index (χ2v) is 9.62. The number of aryl methyl sites for hydroxylation is 1. The summed E-state index contributed by atoms with van der Waals surface area (Å²) < 4.78 is 32.6. The zero-order chi connectivity index (χ0) is 27.1. The molecule has 1 N–H and O–H groups in total. The molecular weight excluding hydrogens is 491 g/mol. The lowest BCUT2D eigenvalue weighted by molar-refractivity contribution is -0.132. The summed E-state index contributed by atoms with van der Waals surface area (Å²) >= 11 is 0. The molecule has 0 saturated carbocycles. The van der Waals surface area contributed by atoms with Gasteiger partial charge in [-0.3, -0.25) is 9.69 Å². The van der Waals surface area contributed by atoms with Crippen LogP contribution in [0.25, 0.3) is 0 Å². The van der Waals surface area contributed by atoms with Crippen molar-refractivity contribution in [3.63, 3.8) is 0 Å². The van der Waals surface area contributed by atoms with E-state index in [9.17, 15) is 14.3 Å². The van der Waals surface area contributed by atoms with Crippen LogP contribution < -0.4 is 14.2 Å². The minimum absolute atomic E-state index is 0.0363. The van der Waals surface area contributed by atoms with E-state index in [0.29, 0.717) is 56.6 Å². The molecular formula is C28H35FN4O5. The Morgan fingerprint density at radius 3 is 2.58 bits per heavy atom. The molecule has 0 unspecified atom stereocenters. The minimum Gasteiger partial charge on any atom is -0.493 e. The fourth-order valence-corrected chi connectivity index (χ4v) is 4.57. The van der Waals surface area contributed by atoms with Crippen LogP contribution in [0, 0.1) is 12.7 Å². The molecule has 2 heterocycles. The summed E-state index contributed by atoms with van der Waals surface area (Å²) in [5.74, 6) is 2.19. The number of carbonyl (C=O) groups excluding carboxylic acids is 1. The molecule has 2 aromatic carbocycles. The van der Waals surface area contributed by atoms with Crippen molar-refractivity contribution in [1.29, 1.82) is 0 Å². The van der Waals surface area contributed by atoms with Crippen molar-refractivity contribution in [2.24, 2.45) is 0 Å². The molecule has 0 bridgehead atoms. The van der Waals surface area contributed by atoms with Gasteiger partial charge in [0.1, 0.15) is 36.2 Å². The lowest BCUT2D eigenvalue weighted by Crippen LogP contribution is -2.51. The summed E-state index contributed by atoms with van der Waals surface area (Å²) in [6.45, 7) is 6.61. The zero-order valence-electron chi connectivity index (χ0n) is 22.1. The number of methoxy groups -OCH3 is 1. The van der Waals surface area contributed by atoms with Gasteiger partial charge in [-0.25, -0.2) is 9.37 Å². The van der Waals surface area contributed by atoms with E-state index in [1.807, 2.05) is 35.9 Å². The molecule has 1 amide bonds. The maximum absolute atomic E-state index is 13.2. The zero-order valence-corrected chi connectivity index (χ0v) is 22.1. The standard InChI is InChI=1S/C28H35FN4O5/c1-21-30-10-11-32(21)14-15-37-26-9-4-23(16-27(26)36-3)17-31-12-13-33(22(2)34)19-28(35,18-31)20-38-25-7-5-24(29)6-8-25/h4-11,16,35H,12-15,17-20H2,1-3H3/t28-/m0/s1.